The molecule has 0 aromatic heterocycles. The van der Waals surface area contributed by atoms with Gasteiger partial charge in [-0.05, 0) is 42.7 Å². The van der Waals surface area contributed by atoms with Crippen molar-refractivity contribution in [3.8, 4) is 5.75 Å². The van der Waals surface area contributed by atoms with Crippen molar-refractivity contribution in [2.75, 3.05) is 25.1 Å². The van der Waals surface area contributed by atoms with Crippen LogP contribution in [0.5, 0.6) is 5.75 Å². The summed E-state index contributed by atoms with van der Waals surface area (Å²) < 4.78 is 19.3. The molecule has 0 saturated carbocycles. The number of carbonyl (C=O) groups is 2. The first kappa shape index (κ1) is 18.5. The van der Waals surface area contributed by atoms with Gasteiger partial charge in [-0.15, -0.1) is 0 Å². The molecule has 6 heteroatoms. The zero-order valence-corrected chi connectivity index (χ0v) is 15.8. The Morgan fingerprint density at radius 2 is 1.89 bits per heavy atom. The summed E-state index contributed by atoms with van der Waals surface area (Å²) in [6.45, 7) is 0.907. The average molecular weight is 382 g/mol. The fourth-order valence-electron chi connectivity index (χ4n) is 4.21. The molecule has 2 aromatic rings. The molecule has 0 N–H and O–H groups in total. The highest BCUT2D eigenvalue weighted by Crippen LogP contribution is 2.36. The van der Waals surface area contributed by atoms with Gasteiger partial charge in [0.05, 0.1) is 24.8 Å². The molecular formula is C22H23FN2O3. The summed E-state index contributed by atoms with van der Waals surface area (Å²) in [5.74, 6) is -0.331. The van der Waals surface area contributed by atoms with Gasteiger partial charge in [-0.2, -0.15) is 0 Å². The number of likely N-dealkylation sites (tertiary alicyclic amines) is 1. The van der Waals surface area contributed by atoms with Crippen LogP contribution in [0.1, 0.15) is 30.9 Å². The van der Waals surface area contributed by atoms with Gasteiger partial charge in [0.25, 0.3) is 0 Å². The van der Waals surface area contributed by atoms with E-state index in [4.69, 9.17) is 4.74 Å². The van der Waals surface area contributed by atoms with Crippen LogP contribution in [0.25, 0.3) is 0 Å². The zero-order valence-electron chi connectivity index (χ0n) is 15.8. The van der Waals surface area contributed by atoms with Crippen LogP contribution in [0.15, 0.2) is 48.5 Å². The minimum Gasteiger partial charge on any atom is -0.497 e. The predicted octanol–water partition coefficient (Wildman–Crippen LogP) is 3.55. The summed E-state index contributed by atoms with van der Waals surface area (Å²) in [4.78, 5) is 28.9. The van der Waals surface area contributed by atoms with E-state index in [1.54, 1.807) is 25.3 Å². The second-order valence-electron chi connectivity index (χ2n) is 7.32. The van der Waals surface area contributed by atoms with Gasteiger partial charge in [0, 0.05) is 19.5 Å². The number of para-hydroxylation sites is 1. The van der Waals surface area contributed by atoms with Crippen molar-refractivity contribution in [2.45, 2.75) is 25.3 Å². The highest BCUT2D eigenvalue weighted by Gasteiger charge is 2.41. The number of rotatable bonds is 4. The zero-order chi connectivity index (χ0) is 19.7. The maximum atomic E-state index is 14.1. The first-order valence-electron chi connectivity index (χ1n) is 9.58. The van der Waals surface area contributed by atoms with Crippen LogP contribution in [0, 0.1) is 11.7 Å². The minimum atomic E-state index is -0.443. The fourth-order valence-corrected chi connectivity index (χ4v) is 4.21. The number of hydrogen-bond donors (Lipinski definition) is 0. The number of ether oxygens (including phenoxy) is 1. The lowest BCUT2D eigenvalue weighted by atomic mass is 10.0. The highest BCUT2D eigenvalue weighted by atomic mass is 19.1. The Morgan fingerprint density at radius 3 is 2.61 bits per heavy atom. The van der Waals surface area contributed by atoms with Crippen LogP contribution in [0.4, 0.5) is 10.1 Å². The van der Waals surface area contributed by atoms with E-state index in [1.807, 2.05) is 29.2 Å². The van der Waals surface area contributed by atoms with Gasteiger partial charge >= 0.3 is 0 Å². The third-order valence-electron chi connectivity index (χ3n) is 5.65. The molecule has 2 atom stereocenters. The molecule has 2 unspecified atom stereocenters. The topological polar surface area (TPSA) is 49.9 Å². The van der Waals surface area contributed by atoms with Gasteiger partial charge in [0.15, 0.2) is 0 Å². The summed E-state index contributed by atoms with van der Waals surface area (Å²) in [6, 6.07) is 14.0. The van der Waals surface area contributed by atoms with E-state index >= 15 is 0 Å². The summed E-state index contributed by atoms with van der Waals surface area (Å²) in [6.07, 6.45) is 1.95. The smallest absolute Gasteiger partial charge is 0.228 e. The standard InChI is InChI=1S/C22H23FN2O3/c1-28-17-10-8-15(9-11-17)19-7-4-12-24(19)22(27)16-13-21(26)25(14-16)20-6-3-2-5-18(20)23/h2-3,5-6,8-11,16,19H,4,7,12-14H2,1H3. The summed E-state index contributed by atoms with van der Waals surface area (Å²) in [5, 5.41) is 0. The number of anilines is 1. The van der Waals surface area contributed by atoms with Gasteiger partial charge in [0.2, 0.25) is 11.8 Å². The van der Waals surface area contributed by atoms with E-state index in [9.17, 15) is 14.0 Å². The second kappa shape index (κ2) is 7.62. The third kappa shape index (κ3) is 3.35. The SMILES string of the molecule is COc1ccc(C2CCCN2C(=O)C2CC(=O)N(c3ccccc3F)C2)cc1. The number of amides is 2. The molecule has 28 heavy (non-hydrogen) atoms. The van der Waals surface area contributed by atoms with Crippen molar-refractivity contribution >= 4 is 17.5 Å². The normalized spacial score (nSPS) is 22.0. The summed E-state index contributed by atoms with van der Waals surface area (Å²) >= 11 is 0. The molecule has 2 aliphatic rings. The Labute approximate surface area is 163 Å². The average Bonchev–Trinajstić information content (AvgIpc) is 3.35. The van der Waals surface area contributed by atoms with E-state index in [1.165, 1.54) is 11.0 Å². The van der Waals surface area contributed by atoms with Crippen LogP contribution in [-0.4, -0.2) is 36.9 Å². The fraction of sp³-hybridized carbons (Fsp3) is 0.364. The molecule has 0 spiro atoms. The minimum absolute atomic E-state index is 0.0102. The van der Waals surface area contributed by atoms with E-state index in [-0.39, 0.29) is 36.5 Å². The third-order valence-corrected chi connectivity index (χ3v) is 5.65. The summed E-state index contributed by atoms with van der Waals surface area (Å²) in [7, 11) is 1.62. The Kier molecular flexibility index (Phi) is 5.03. The lowest BCUT2D eigenvalue weighted by Crippen LogP contribution is -2.37. The van der Waals surface area contributed by atoms with Crippen LogP contribution in [0.3, 0.4) is 0 Å². The number of halogens is 1. The lowest BCUT2D eigenvalue weighted by Gasteiger charge is -2.28. The Bertz CT molecular complexity index is 884. The number of carbonyl (C=O) groups excluding carboxylic acids is 2. The van der Waals surface area contributed by atoms with Crippen molar-refractivity contribution in [3.05, 3.63) is 59.9 Å². The molecule has 0 bridgehead atoms. The molecule has 2 saturated heterocycles. The number of benzene rings is 2. The lowest BCUT2D eigenvalue weighted by molar-refractivity contribution is -0.136. The quantitative estimate of drug-likeness (QED) is 0.813. The first-order valence-corrected chi connectivity index (χ1v) is 9.58. The maximum absolute atomic E-state index is 14.1. The van der Waals surface area contributed by atoms with E-state index in [0.29, 0.717) is 6.54 Å². The number of nitrogens with zero attached hydrogens (tertiary/aromatic N) is 2. The Hall–Kier alpha value is -2.89. The number of hydrogen-bond acceptors (Lipinski definition) is 3. The van der Waals surface area contributed by atoms with Gasteiger partial charge < -0.3 is 14.5 Å². The van der Waals surface area contributed by atoms with Crippen molar-refractivity contribution in [1.82, 2.24) is 4.90 Å². The van der Waals surface area contributed by atoms with Crippen LogP contribution in [0.2, 0.25) is 0 Å². The number of methoxy groups -OCH3 is 1. The van der Waals surface area contributed by atoms with Crippen molar-refractivity contribution in [3.63, 3.8) is 0 Å². The van der Waals surface area contributed by atoms with Crippen molar-refractivity contribution in [1.29, 1.82) is 0 Å². The van der Waals surface area contributed by atoms with Gasteiger partial charge in [-0.1, -0.05) is 24.3 Å². The molecule has 0 radical (unpaired) electrons. The molecule has 2 heterocycles. The molecule has 2 aliphatic heterocycles. The monoisotopic (exact) mass is 382 g/mol. The molecule has 2 fully saturated rings. The van der Waals surface area contributed by atoms with Crippen LogP contribution >= 0.6 is 0 Å². The molecule has 4 rings (SSSR count). The van der Waals surface area contributed by atoms with Gasteiger partial charge in [0.1, 0.15) is 11.6 Å². The largest absolute Gasteiger partial charge is 0.497 e. The highest BCUT2D eigenvalue weighted by molar-refractivity contribution is 6.00. The van der Waals surface area contributed by atoms with Crippen molar-refractivity contribution < 1.29 is 18.7 Å². The molecule has 5 nitrogen and oxygen atoms in total. The van der Waals surface area contributed by atoms with E-state index in [2.05, 4.69) is 0 Å². The van der Waals surface area contributed by atoms with E-state index < -0.39 is 11.7 Å². The Morgan fingerprint density at radius 1 is 1.14 bits per heavy atom. The van der Waals surface area contributed by atoms with Gasteiger partial charge in [-0.3, -0.25) is 9.59 Å². The molecule has 2 amide bonds. The molecule has 146 valence electrons. The molecular weight excluding hydrogens is 359 g/mol. The first-order chi connectivity index (χ1) is 13.6. The second-order valence-corrected chi connectivity index (χ2v) is 7.32. The Balaban J connectivity index is 1.50. The van der Waals surface area contributed by atoms with Gasteiger partial charge in [-0.25, -0.2) is 4.39 Å². The summed E-state index contributed by atoms with van der Waals surface area (Å²) in [5.41, 5.74) is 1.32. The van der Waals surface area contributed by atoms with Crippen LogP contribution < -0.4 is 9.64 Å². The predicted molar refractivity (Wildman–Crippen MR) is 104 cm³/mol. The molecule has 2 aromatic carbocycles. The maximum Gasteiger partial charge on any atom is 0.228 e. The molecule has 0 aliphatic carbocycles. The van der Waals surface area contributed by atoms with Crippen LogP contribution in [-0.2, 0) is 9.59 Å². The van der Waals surface area contributed by atoms with Crippen molar-refractivity contribution in [2.24, 2.45) is 5.92 Å². The van der Waals surface area contributed by atoms with E-state index in [0.717, 1.165) is 24.2 Å².